The van der Waals surface area contributed by atoms with Gasteiger partial charge in [-0.3, -0.25) is 4.98 Å². The molecule has 0 fully saturated rings. The van der Waals surface area contributed by atoms with Gasteiger partial charge in [-0.25, -0.2) is 0 Å². The van der Waals surface area contributed by atoms with Crippen molar-refractivity contribution in [2.24, 2.45) is 0 Å². The molecule has 0 amide bonds. The highest BCUT2D eigenvalue weighted by molar-refractivity contribution is 6.49. The zero-order valence-corrected chi connectivity index (χ0v) is 14.8. The second kappa shape index (κ2) is 5.21. The molecule has 0 N–H and O–H groups in total. The Hall–Kier alpha value is -1.35. The van der Waals surface area contributed by atoms with Crippen LogP contribution in [0.2, 0.25) is 13.1 Å². The molecular weight excluding hydrogens is 262 g/mol. The van der Waals surface area contributed by atoms with Gasteiger partial charge in [0.05, 0.1) is 5.52 Å². The van der Waals surface area contributed by atoms with Crippen LogP contribution in [-0.2, 0) is 5.41 Å². The van der Waals surface area contributed by atoms with E-state index in [1.54, 1.807) is 0 Å². The number of nitrogens with zero attached hydrogens (tertiary/aromatic N) is 1. The summed E-state index contributed by atoms with van der Waals surface area (Å²) in [4.78, 5) is 4.75. The maximum absolute atomic E-state index is 6.16. The Balaban J connectivity index is 2.88. The highest BCUT2D eigenvalue weighted by Gasteiger charge is 2.23. The van der Waals surface area contributed by atoms with Gasteiger partial charge in [-0.05, 0) is 55.6 Å². The van der Waals surface area contributed by atoms with Gasteiger partial charge in [-0.1, -0.05) is 26.8 Å². The molecule has 0 aliphatic heterocycles. The minimum absolute atomic E-state index is 0.0774. The average Bonchev–Trinajstić information content (AvgIpc) is 2.29. The van der Waals surface area contributed by atoms with Crippen molar-refractivity contribution in [2.75, 3.05) is 0 Å². The van der Waals surface area contributed by atoms with Crippen LogP contribution >= 0.6 is 0 Å². The van der Waals surface area contributed by atoms with Gasteiger partial charge in [0, 0.05) is 11.1 Å². The first-order valence-electron chi connectivity index (χ1n) is 7.29. The van der Waals surface area contributed by atoms with E-state index >= 15 is 0 Å². The molecular formula is C17H25NOSi. The quantitative estimate of drug-likeness (QED) is 0.758. The highest BCUT2D eigenvalue weighted by atomic mass is 28.3. The molecule has 0 aliphatic rings. The Kier molecular flexibility index (Phi) is 3.92. The lowest BCUT2D eigenvalue weighted by Crippen LogP contribution is -2.17. The van der Waals surface area contributed by atoms with Crippen molar-refractivity contribution >= 4 is 19.9 Å². The number of hydrogen-bond acceptors (Lipinski definition) is 2. The molecule has 1 aromatic carbocycles. The van der Waals surface area contributed by atoms with Crippen LogP contribution in [0.4, 0.5) is 0 Å². The summed E-state index contributed by atoms with van der Waals surface area (Å²) in [5.74, 6) is 1.00. The van der Waals surface area contributed by atoms with Gasteiger partial charge < -0.3 is 4.43 Å². The van der Waals surface area contributed by atoms with Crippen molar-refractivity contribution < 1.29 is 4.43 Å². The van der Waals surface area contributed by atoms with Crippen molar-refractivity contribution in [3.63, 3.8) is 0 Å². The molecule has 1 heterocycles. The van der Waals surface area contributed by atoms with E-state index < -0.39 is 9.04 Å². The van der Waals surface area contributed by atoms with Crippen LogP contribution < -0.4 is 4.43 Å². The molecule has 0 saturated carbocycles. The van der Waals surface area contributed by atoms with Crippen molar-refractivity contribution in [2.45, 2.75) is 53.1 Å². The third-order valence-electron chi connectivity index (χ3n) is 3.57. The summed E-state index contributed by atoms with van der Waals surface area (Å²) in [5, 5.41) is 1.20. The van der Waals surface area contributed by atoms with Gasteiger partial charge in [0.15, 0.2) is 0 Å². The zero-order chi connectivity index (χ0) is 15.1. The average molecular weight is 287 g/mol. The second-order valence-corrected chi connectivity index (χ2v) is 9.10. The Morgan fingerprint density at radius 3 is 2.30 bits per heavy atom. The number of aryl methyl sites for hydroxylation is 1. The minimum atomic E-state index is -1.14. The summed E-state index contributed by atoms with van der Waals surface area (Å²) in [7, 11) is -1.14. The number of rotatable bonds is 2. The molecule has 2 nitrogen and oxygen atoms in total. The predicted molar refractivity (Wildman–Crippen MR) is 89.4 cm³/mol. The standard InChI is InChI=1S/C17H25NOSi/c1-11-12(2)18-13-9-8-10-14(19-20(6)7)15(13)16(11)17(3,4)5/h8-10,20H,1-7H3. The van der Waals surface area contributed by atoms with Crippen molar-refractivity contribution in [1.82, 2.24) is 4.98 Å². The first-order chi connectivity index (χ1) is 9.21. The monoisotopic (exact) mass is 287 g/mol. The lowest BCUT2D eigenvalue weighted by molar-refractivity contribution is 0.571. The fourth-order valence-electron chi connectivity index (χ4n) is 2.79. The van der Waals surface area contributed by atoms with Crippen LogP contribution in [0.25, 0.3) is 10.9 Å². The third-order valence-corrected chi connectivity index (χ3v) is 4.30. The van der Waals surface area contributed by atoms with E-state index in [9.17, 15) is 0 Å². The molecule has 0 bridgehead atoms. The Morgan fingerprint density at radius 1 is 1.10 bits per heavy atom. The maximum Gasteiger partial charge on any atom is 0.229 e. The van der Waals surface area contributed by atoms with Crippen molar-refractivity contribution in [3.05, 3.63) is 35.0 Å². The second-order valence-electron chi connectivity index (χ2n) is 6.76. The minimum Gasteiger partial charge on any atom is -0.547 e. The highest BCUT2D eigenvalue weighted by Crippen LogP contribution is 2.38. The molecule has 0 unspecified atom stereocenters. The SMILES string of the molecule is Cc1nc2cccc(O[SiH](C)C)c2c(C(C)(C)C)c1C. The summed E-state index contributed by atoms with van der Waals surface area (Å²) in [6.45, 7) is 15.4. The van der Waals surface area contributed by atoms with Gasteiger partial charge in [-0.2, -0.15) is 0 Å². The largest absolute Gasteiger partial charge is 0.547 e. The number of pyridine rings is 1. The maximum atomic E-state index is 6.16. The first-order valence-corrected chi connectivity index (χ1v) is 10.1. The molecule has 0 saturated heterocycles. The number of fused-ring (bicyclic) bond motifs is 1. The van der Waals surface area contributed by atoms with E-state index in [4.69, 9.17) is 9.41 Å². The van der Waals surface area contributed by atoms with Gasteiger partial charge in [0.2, 0.25) is 9.04 Å². The van der Waals surface area contributed by atoms with E-state index in [0.717, 1.165) is 17.0 Å². The number of hydrogen-bond donors (Lipinski definition) is 0. The predicted octanol–water partition coefficient (Wildman–Crippen LogP) is 4.51. The van der Waals surface area contributed by atoms with Crippen LogP contribution in [0.5, 0.6) is 5.75 Å². The van der Waals surface area contributed by atoms with E-state index in [1.165, 1.54) is 16.5 Å². The van der Waals surface area contributed by atoms with Gasteiger partial charge in [0.25, 0.3) is 0 Å². The van der Waals surface area contributed by atoms with E-state index in [-0.39, 0.29) is 5.41 Å². The fourth-order valence-corrected chi connectivity index (χ4v) is 3.49. The van der Waals surface area contributed by atoms with Gasteiger partial charge in [-0.15, -0.1) is 0 Å². The number of benzene rings is 1. The molecule has 0 aliphatic carbocycles. The summed E-state index contributed by atoms with van der Waals surface area (Å²) in [6, 6.07) is 6.22. The van der Waals surface area contributed by atoms with E-state index in [2.05, 4.69) is 59.8 Å². The zero-order valence-electron chi connectivity index (χ0n) is 13.7. The van der Waals surface area contributed by atoms with Crippen LogP contribution in [0.15, 0.2) is 18.2 Å². The smallest absolute Gasteiger partial charge is 0.229 e. The Bertz CT molecular complexity index is 641. The molecule has 3 heteroatoms. The molecule has 1 aromatic heterocycles. The van der Waals surface area contributed by atoms with Gasteiger partial charge >= 0.3 is 0 Å². The number of aromatic nitrogens is 1. The fraction of sp³-hybridized carbons (Fsp3) is 0.471. The normalized spacial score (nSPS) is 12.2. The van der Waals surface area contributed by atoms with E-state index in [0.29, 0.717) is 0 Å². The van der Waals surface area contributed by atoms with Crippen LogP contribution in [0, 0.1) is 13.8 Å². The summed E-state index contributed by atoms with van der Waals surface area (Å²) < 4.78 is 6.16. The summed E-state index contributed by atoms with van der Waals surface area (Å²) in [6.07, 6.45) is 0. The lowest BCUT2D eigenvalue weighted by atomic mass is 9.81. The Morgan fingerprint density at radius 2 is 1.75 bits per heavy atom. The molecule has 0 radical (unpaired) electrons. The molecule has 0 atom stereocenters. The molecule has 0 spiro atoms. The third kappa shape index (κ3) is 2.73. The Labute approximate surface area is 123 Å². The molecule has 20 heavy (non-hydrogen) atoms. The van der Waals surface area contributed by atoms with E-state index in [1.807, 2.05) is 6.07 Å². The van der Waals surface area contributed by atoms with Crippen LogP contribution in [0.3, 0.4) is 0 Å². The molecule has 108 valence electrons. The summed E-state index contributed by atoms with van der Waals surface area (Å²) in [5.41, 5.74) is 4.89. The van der Waals surface area contributed by atoms with Crippen molar-refractivity contribution in [1.29, 1.82) is 0 Å². The lowest BCUT2D eigenvalue weighted by Gasteiger charge is -2.26. The van der Waals surface area contributed by atoms with Crippen LogP contribution in [0.1, 0.15) is 37.6 Å². The molecule has 2 rings (SSSR count). The molecule has 2 aromatic rings. The summed E-state index contributed by atoms with van der Waals surface area (Å²) >= 11 is 0. The first kappa shape index (κ1) is 15.0. The topological polar surface area (TPSA) is 22.1 Å². The van der Waals surface area contributed by atoms with Gasteiger partial charge in [0.1, 0.15) is 5.75 Å². The van der Waals surface area contributed by atoms with Crippen LogP contribution in [-0.4, -0.2) is 14.0 Å². The van der Waals surface area contributed by atoms with Crippen molar-refractivity contribution in [3.8, 4) is 5.75 Å².